The molecule has 3 N–H and O–H groups in total. The number of hydrogen-bond acceptors (Lipinski definition) is 5. The van der Waals surface area contributed by atoms with E-state index in [2.05, 4.69) is 5.32 Å². The van der Waals surface area contributed by atoms with E-state index in [-0.39, 0.29) is 16.6 Å². The summed E-state index contributed by atoms with van der Waals surface area (Å²) >= 11 is 0. The molecule has 1 aliphatic heterocycles. The second-order valence-electron chi connectivity index (χ2n) is 6.28. The van der Waals surface area contributed by atoms with Gasteiger partial charge in [0.2, 0.25) is 10.0 Å². The fourth-order valence-electron chi connectivity index (χ4n) is 2.97. The molecule has 1 saturated heterocycles. The zero-order valence-electron chi connectivity index (χ0n) is 15.1. The first-order valence-electron chi connectivity index (χ1n) is 8.85. The number of rotatable bonds is 6. The van der Waals surface area contributed by atoms with Crippen LogP contribution in [0.15, 0.2) is 47.4 Å². The number of nitrogens with two attached hydrogens (primary N) is 1. The van der Waals surface area contributed by atoms with Crippen LogP contribution in [0.5, 0.6) is 5.75 Å². The van der Waals surface area contributed by atoms with E-state index in [9.17, 15) is 13.2 Å². The number of nitrogen functional groups attached to an aromatic ring is 1. The van der Waals surface area contributed by atoms with E-state index < -0.39 is 10.0 Å². The van der Waals surface area contributed by atoms with Crippen molar-refractivity contribution in [2.24, 2.45) is 0 Å². The van der Waals surface area contributed by atoms with Crippen LogP contribution in [0.4, 0.5) is 11.4 Å². The Balaban J connectivity index is 1.91. The van der Waals surface area contributed by atoms with Gasteiger partial charge in [0, 0.05) is 30.0 Å². The summed E-state index contributed by atoms with van der Waals surface area (Å²) in [6.45, 7) is 3.13. The average molecular weight is 389 g/mol. The predicted octanol–water partition coefficient (Wildman–Crippen LogP) is 2.70. The van der Waals surface area contributed by atoms with Gasteiger partial charge in [0.15, 0.2) is 0 Å². The van der Waals surface area contributed by atoms with Gasteiger partial charge >= 0.3 is 0 Å². The Morgan fingerprint density at radius 2 is 1.81 bits per heavy atom. The van der Waals surface area contributed by atoms with Gasteiger partial charge in [-0.15, -0.1) is 0 Å². The summed E-state index contributed by atoms with van der Waals surface area (Å²) in [5.74, 6) is -0.0569. The van der Waals surface area contributed by atoms with Crippen molar-refractivity contribution < 1.29 is 17.9 Å². The van der Waals surface area contributed by atoms with Gasteiger partial charge in [-0.25, -0.2) is 8.42 Å². The van der Waals surface area contributed by atoms with Crippen LogP contribution in [0.1, 0.15) is 30.1 Å². The van der Waals surface area contributed by atoms with E-state index in [1.165, 1.54) is 10.4 Å². The summed E-state index contributed by atoms with van der Waals surface area (Å²) in [7, 11) is -3.68. The molecule has 1 amide bonds. The minimum Gasteiger partial charge on any atom is -0.492 e. The number of sulfonamides is 1. The summed E-state index contributed by atoms with van der Waals surface area (Å²) in [5.41, 5.74) is 7.02. The number of ether oxygens (including phenoxy) is 1. The monoisotopic (exact) mass is 389 g/mol. The van der Waals surface area contributed by atoms with Crippen molar-refractivity contribution in [3.8, 4) is 5.75 Å². The lowest BCUT2D eigenvalue weighted by molar-refractivity contribution is 0.102. The third-order valence-corrected chi connectivity index (χ3v) is 6.28. The summed E-state index contributed by atoms with van der Waals surface area (Å²) < 4.78 is 33.0. The van der Waals surface area contributed by atoms with E-state index in [0.717, 1.165) is 12.8 Å². The molecule has 144 valence electrons. The Kier molecular flexibility index (Phi) is 5.67. The lowest BCUT2D eigenvalue weighted by Gasteiger charge is -2.19. The summed E-state index contributed by atoms with van der Waals surface area (Å²) in [6, 6.07) is 11.1. The third-order valence-electron chi connectivity index (χ3n) is 4.36. The van der Waals surface area contributed by atoms with E-state index in [1.807, 2.05) is 0 Å². The molecule has 0 bridgehead atoms. The molecule has 0 spiro atoms. The fourth-order valence-corrected chi connectivity index (χ4v) is 4.64. The minimum atomic E-state index is -3.68. The molecular weight excluding hydrogens is 366 g/mol. The SMILES string of the molecule is CCOc1ccc(NC(=O)c2ccc(N)cc2)cc1S(=O)(=O)N1CCCC1. The van der Waals surface area contributed by atoms with Crippen molar-refractivity contribution in [1.82, 2.24) is 4.31 Å². The van der Waals surface area contributed by atoms with Crippen LogP contribution in [0.3, 0.4) is 0 Å². The second kappa shape index (κ2) is 7.98. The van der Waals surface area contributed by atoms with Crippen molar-refractivity contribution in [2.45, 2.75) is 24.7 Å². The highest BCUT2D eigenvalue weighted by Gasteiger charge is 2.30. The zero-order valence-corrected chi connectivity index (χ0v) is 16.0. The molecule has 0 aromatic heterocycles. The number of benzene rings is 2. The molecule has 0 saturated carbocycles. The second-order valence-corrected chi connectivity index (χ2v) is 8.19. The van der Waals surface area contributed by atoms with Gasteiger partial charge in [-0.3, -0.25) is 4.79 Å². The largest absolute Gasteiger partial charge is 0.492 e. The van der Waals surface area contributed by atoms with Gasteiger partial charge in [0.1, 0.15) is 10.6 Å². The smallest absolute Gasteiger partial charge is 0.255 e. The zero-order chi connectivity index (χ0) is 19.4. The fraction of sp³-hybridized carbons (Fsp3) is 0.316. The quantitative estimate of drug-likeness (QED) is 0.740. The predicted molar refractivity (Wildman–Crippen MR) is 104 cm³/mol. The standard InChI is InChI=1S/C19H23N3O4S/c1-2-26-17-10-9-16(21-19(23)14-5-7-15(20)8-6-14)13-18(17)27(24,25)22-11-3-4-12-22/h5-10,13H,2-4,11-12,20H2,1H3,(H,21,23). The lowest BCUT2D eigenvalue weighted by Crippen LogP contribution is -2.28. The first-order valence-corrected chi connectivity index (χ1v) is 10.3. The number of hydrogen-bond donors (Lipinski definition) is 2. The Morgan fingerprint density at radius 3 is 2.44 bits per heavy atom. The highest BCUT2D eigenvalue weighted by Crippen LogP contribution is 2.31. The summed E-state index contributed by atoms with van der Waals surface area (Å²) in [6.07, 6.45) is 1.69. The van der Waals surface area contributed by atoms with Crippen molar-refractivity contribution >= 4 is 27.3 Å². The first kappa shape index (κ1) is 19.2. The van der Waals surface area contributed by atoms with Gasteiger partial charge in [-0.2, -0.15) is 4.31 Å². The molecule has 27 heavy (non-hydrogen) atoms. The minimum absolute atomic E-state index is 0.0707. The van der Waals surface area contributed by atoms with Crippen LogP contribution < -0.4 is 15.8 Å². The molecular formula is C19H23N3O4S. The highest BCUT2D eigenvalue weighted by molar-refractivity contribution is 7.89. The maximum Gasteiger partial charge on any atom is 0.255 e. The van der Waals surface area contributed by atoms with Crippen molar-refractivity contribution in [3.05, 3.63) is 48.0 Å². The van der Waals surface area contributed by atoms with E-state index in [4.69, 9.17) is 10.5 Å². The van der Waals surface area contributed by atoms with Crippen LogP contribution in [0, 0.1) is 0 Å². The number of carbonyl (C=O) groups excluding carboxylic acids is 1. The Morgan fingerprint density at radius 1 is 1.15 bits per heavy atom. The first-order chi connectivity index (χ1) is 12.9. The molecule has 7 nitrogen and oxygen atoms in total. The Hall–Kier alpha value is -2.58. The Labute approximate surface area is 159 Å². The molecule has 8 heteroatoms. The maximum atomic E-state index is 13.0. The average Bonchev–Trinajstić information content (AvgIpc) is 3.19. The van der Waals surface area contributed by atoms with Crippen LogP contribution in [-0.4, -0.2) is 38.3 Å². The van der Waals surface area contributed by atoms with Gasteiger partial charge in [0.25, 0.3) is 5.91 Å². The van der Waals surface area contributed by atoms with Gasteiger partial charge in [-0.1, -0.05) is 0 Å². The molecule has 2 aromatic rings. The number of carbonyl (C=O) groups is 1. The number of nitrogens with one attached hydrogen (secondary N) is 1. The molecule has 0 atom stereocenters. The molecule has 1 fully saturated rings. The van der Waals surface area contributed by atoms with Crippen LogP contribution in [-0.2, 0) is 10.0 Å². The topological polar surface area (TPSA) is 102 Å². The van der Waals surface area contributed by atoms with Crippen LogP contribution in [0.25, 0.3) is 0 Å². The maximum absolute atomic E-state index is 13.0. The molecule has 3 rings (SSSR count). The molecule has 1 heterocycles. The highest BCUT2D eigenvalue weighted by atomic mass is 32.2. The normalized spacial score (nSPS) is 14.9. The molecule has 1 aliphatic rings. The molecule has 0 radical (unpaired) electrons. The summed E-state index contributed by atoms with van der Waals surface area (Å²) in [5, 5.41) is 2.73. The third kappa shape index (κ3) is 4.23. The van der Waals surface area contributed by atoms with Gasteiger partial charge < -0.3 is 15.8 Å². The van der Waals surface area contributed by atoms with Crippen molar-refractivity contribution in [1.29, 1.82) is 0 Å². The van der Waals surface area contributed by atoms with E-state index in [0.29, 0.717) is 36.6 Å². The molecule has 2 aromatic carbocycles. The summed E-state index contributed by atoms with van der Waals surface area (Å²) in [4.78, 5) is 12.5. The Bertz CT molecular complexity index is 920. The molecule has 0 aliphatic carbocycles. The van der Waals surface area contributed by atoms with Crippen molar-refractivity contribution in [3.63, 3.8) is 0 Å². The van der Waals surface area contributed by atoms with Crippen LogP contribution >= 0.6 is 0 Å². The van der Waals surface area contributed by atoms with E-state index in [1.54, 1.807) is 43.3 Å². The van der Waals surface area contributed by atoms with Crippen molar-refractivity contribution in [2.75, 3.05) is 30.7 Å². The lowest BCUT2D eigenvalue weighted by atomic mass is 10.2. The van der Waals surface area contributed by atoms with Gasteiger partial charge in [0.05, 0.1) is 6.61 Å². The number of anilines is 2. The van der Waals surface area contributed by atoms with Crippen LogP contribution in [0.2, 0.25) is 0 Å². The van der Waals surface area contributed by atoms with E-state index >= 15 is 0 Å². The number of amides is 1. The van der Waals surface area contributed by atoms with Gasteiger partial charge in [-0.05, 0) is 62.2 Å². The molecule has 0 unspecified atom stereocenters. The number of nitrogens with zero attached hydrogens (tertiary/aromatic N) is 1.